The normalized spacial score (nSPS) is 11.3. The Bertz CT molecular complexity index is 1090. The van der Waals surface area contributed by atoms with Gasteiger partial charge in [-0.1, -0.05) is 0 Å². The molecular weight excluding hydrogens is 414 g/mol. The molecule has 3 aromatic rings. The summed E-state index contributed by atoms with van der Waals surface area (Å²) in [4.78, 5) is 4.18. The van der Waals surface area contributed by atoms with Crippen molar-refractivity contribution in [1.29, 1.82) is 0 Å². The van der Waals surface area contributed by atoms with E-state index in [0.29, 0.717) is 23.5 Å². The van der Waals surface area contributed by atoms with Crippen LogP contribution in [0.25, 0.3) is 0 Å². The van der Waals surface area contributed by atoms with Crippen molar-refractivity contribution in [2.24, 2.45) is 0 Å². The smallest absolute Gasteiger partial charge is 0.215 e. The molecular formula is C19H20F2N6O2S. The number of halogens is 2. The van der Waals surface area contributed by atoms with Crippen molar-refractivity contribution in [1.82, 2.24) is 19.9 Å². The Morgan fingerprint density at radius 3 is 2.27 bits per heavy atom. The first-order valence-electron chi connectivity index (χ1n) is 8.99. The molecule has 0 radical (unpaired) electrons. The van der Waals surface area contributed by atoms with E-state index in [1.165, 1.54) is 0 Å². The summed E-state index contributed by atoms with van der Waals surface area (Å²) in [6.45, 7) is 2.27. The van der Waals surface area contributed by atoms with Gasteiger partial charge in [0, 0.05) is 25.4 Å². The number of hydrogen-bond donors (Lipinski definition) is 3. The topological polar surface area (TPSA) is 109 Å². The number of nitrogens with zero attached hydrogens (tertiary/aromatic N) is 3. The van der Waals surface area contributed by atoms with E-state index in [9.17, 15) is 17.2 Å². The summed E-state index contributed by atoms with van der Waals surface area (Å²) in [5.74, 6) is -0.536. The van der Waals surface area contributed by atoms with Crippen molar-refractivity contribution in [2.75, 3.05) is 23.7 Å². The average Bonchev–Trinajstić information content (AvgIpc) is 2.65. The fourth-order valence-electron chi connectivity index (χ4n) is 2.59. The number of sulfonamides is 1. The van der Waals surface area contributed by atoms with Crippen molar-refractivity contribution >= 4 is 27.5 Å². The highest BCUT2D eigenvalue weighted by Crippen LogP contribution is 2.13. The number of anilines is 3. The molecule has 3 rings (SSSR count). The van der Waals surface area contributed by atoms with Crippen LogP contribution in [0, 0.1) is 18.6 Å². The van der Waals surface area contributed by atoms with Crippen LogP contribution < -0.4 is 15.4 Å². The lowest BCUT2D eigenvalue weighted by atomic mass is 10.2. The second-order valence-electron chi connectivity index (χ2n) is 6.51. The van der Waals surface area contributed by atoms with Gasteiger partial charge in [-0.3, -0.25) is 0 Å². The summed E-state index contributed by atoms with van der Waals surface area (Å²) >= 11 is 0. The maximum Gasteiger partial charge on any atom is 0.215 e. The van der Waals surface area contributed by atoms with Gasteiger partial charge in [0.15, 0.2) is 5.82 Å². The van der Waals surface area contributed by atoms with Gasteiger partial charge in [0.25, 0.3) is 0 Å². The van der Waals surface area contributed by atoms with E-state index in [1.54, 1.807) is 18.3 Å². The van der Waals surface area contributed by atoms with Crippen LogP contribution in [0.2, 0.25) is 0 Å². The van der Waals surface area contributed by atoms with E-state index in [1.807, 2.05) is 19.1 Å². The third-order valence-electron chi connectivity index (χ3n) is 3.87. The second kappa shape index (κ2) is 9.55. The first-order chi connectivity index (χ1) is 14.3. The van der Waals surface area contributed by atoms with Crippen LogP contribution in [-0.2, 0) is 15.8 Å². The van der Waals surface area contributed by atoms with Crippen LogP contribution in [0.3, 0.4) is 0 Å². The summed E-state index contributed by atoms with van der Waals surface area (Å²) in [5.41, 5.74) is 1.09. The van der Waals surface area contributed by atoms with Gasteiger partial charge < -0.3 is 10.6 Å². The van der Waals surface area contributed by atoms with Crippen LogP contribution in [0.5, 0.6) is 0 Å². The second-order valence-corrected chi connectivity index (χ2v) is 8.31. The molecule has 0 saturated carbocycles. The van der Waals surface area contributed by atoms with Crippen molar-refractivity contribution in [3.8, 4) is 0 Å². The van der Waals surface area contributed by atoms with E-state index >= 15 is 0 Å². The molecule has 0 saturated heterocycles. The number of aryl methyl sites for hydroxylation is 1. The minimum Gasteiger partial charge on any atom is -0.367 e. The van der Waals surface area contributed by atoms with Gasteiger partial charge in [0.2, 0.25) is 10.0 Å². The van der Waals surface area contributed by atoms with Gasteiger partial charge in [-0.2, -0.15) is 0 Å². The maximum atomic E-state index is 13.2. The van der Waals surface area contributed by atoms with Gasteiger partial charge >= 0.3 is 0 Å². The lowest BCUT2D eigenvalue weighted by Gasteiger charge is -2.09. The molecule has 30 heavy (non-hydrogen) atoms. The molecule has 0 unspecified atom stereocenters. The van der Waals surface area contributed by atoms with Crippen LogP contribution in [0.1, 0.15) is 11.1 Å². The zero-order valence-corrected chi connectivity index (χ0v) is 16.9. The molecule has 0 aliphatic rings. The highest BCUT2D eigenvalue weighted by molar-refractivity contribution is 7.88. The molecule has 2 heterocycles. The zero-order valence-electron chi connectivity index (χ0n) is 16.1. The molecule has 0 fully saturated rings. The van der Waals surface area contributed by atoms with Gasteiger partial charge in [0.1, 0.15) is 23.3 Å². The molecule has 0 aliphatic carbocycles. The van der Waals surface area contributed by atoms with Crippen LogP contribution >= 0.6 is 0 Å². The van der Waals surface area contributed by atoms with Crippen LogP contribution in [0.4, 0.5) is 26.2 Å². The highest BCUT2D eigenvalue weighted by atomic mass is 32.2. The van der Waals surface area contributed by atoms with Crippen LogP contribution in [0.15, 0.2) is 48.7 Å². The number of aromatic nitrogens is 3. The maximum absolute atomic E-state index is 13.2. The summed E-state index contributed by atoms with van der Waals surface area (Å²) in [6, 6.07) is 9.81. The van der Waals surface area contributed by atoms with E-state index < -0.39 is 27.4 Å². The Morgan fingerprint density at radius 1 is 0.900 bits per heavy atom. The van der Waals surface area contributed by atoms with Crippen molar-refractivity contribution in [3.05, 3.63) is 71.4 Å². The molecule has 11 heteroatoms. The van der Waals surface area contributed by atoms with Gasteiger partial charge in [0.05, 0.1) is 5.75 Å². The minimum absolute atomic E-state index is 0.0324. The highest BCUT2D eigenvalue weighted by Gasteiger charge is 2.12. The average molecular weight is 434 g/mol. The molecule has 0 aliphatic heterocycles. The van der Waals surface area contributed by atoms with Crippen molar-refractivity contribution < 1.29 is 17.2 Å². The van der Waals surface area contributed by atoms with Gasteiger partial charge in [-0.05, 0) is 54.4 Å². The van der Waals surface area contributed by atoms with Gasteiger partial charge in [-0.15, -0.1) is 10.2 Å². The standard InChI is InChI=1S/C19H20F2N6O2S/c1-13-4-5-22-19(8-13)25-18-3-2-17(26-27-18)23-6-7-24-30(28,29)12-14-9-15(20)11-16(21)10-14/h2-5,8-11,24H,6-7,12H2,1H3,(H,23,26)(H,22,25,27). The number of rotatable bonds is 9. The zero-order chi connectivity index (χ0) is 21.6. The molecule has 0 bridgehead atoms. The molecule has 2 aromatic heterocycles. The Morgan fingerprint density at radius 2 is 1.60 bits per heavy atom. The molecule has 0 amide bonds. The summed E-state index contributed by atoms with van der Waals surface area (Å²) in [5, 5.41) is 14.0. The minimum atomic E-state index is -3.74. The first-order valence-corrected chi connectivity index (χ1v) is 10.6. The molecule has 0 atom stereocenters. The number of hydrogen-bond acceptors (Lipinski definition) is 7. The number of nitrogens with one attached hydrogen (secondary N) is 3. The molecule has 1 aromatic carbocycles. The lowest BCUT2D eigenvalue weighted by Crippen LogP contribution is -2.30. The predicted molar refractivity (Wildman–Crippen MR) is 110 cm³/mol. The lowest BCUT2D eigenvalue weighted by molar-refractivity contribution is 0.575. The third kappa shape index (κ3) is 6.71. The fraction of sp³-hybridized carbons (Fsp3) is 0.211. The summed E-state index contributed by atoms with van der Waals surface area (Å²) in [6.07, 6.45) is 1.69. The summed E-state index contributed by atoms with van der Waals surface area (Å²) < 4.78 is 52.8. The van der Waals surface area contributed by atoms with E-state index in [4.69, 9.17) is 0 Å². The van der Waals surface area contributed by atoms with Crippen molar-refractivity contribution in [2.45, 2.75) is 12.7 Å². The largest absolute Gasteiger partial charge is 0.367 e. The molecule has 8 nitrogen and oxygen atoms in total. The predicted octanol–water partition coefficient (Wildman–Crippen LogP) is 2.73. The van der Waals surface area contributed by atoms with Crippen LogP contribution in [-0.4, -0.2) is 36.7 Å². The Kier molecular flexibility index (Phi) is 6.85. The molecule has 0 spiro atoms. The number of benzene rings is 1. The molecule has 158 valence electrons. The Balaban J connectivity index is 1.45. The van der Waals surface area contributed by atoms with Gasteiger partial charge in [-0.25, -0.2) is 26.9 Å². The molecule has 3 N–H and O–H groups in total. The third-order valence-corrected chi connectivity index (χ3v) is 5.23. The van der Waals surface area contributed by atoms with E-state index in [2.05, 4.69) is 30.5 Å². The van der Waals surface area contributed by atoms with Crippen molar-refractivity contribution in [3.63, 3.8) is 0 Å². The summed E-state index contributed by atoms with van der Waals surface area (Å²) in [7, 11) is -3.74. The van der Waals surface area contributed by atoms with E-state index in [0.717, 1.165) is 17.7 Å². The quantitative estimate of drug-likeness (QED) is 0.444. The monoisotopic (exact) mass is 434 g/mol. The Hall–Kier alpha value is -3.18. The first kappa shape index (κ1) is 21.5. The number of pyridine rings is 1. The fourth-order valence-corrected chi connectivity index (χ4v) is 3.71. The Labute approximate surface area is 172 Å². The van der Waals surface area contributed by atoms with E-state index in [-0.39, 0.29) is 18.7 Å². The SMILES string of the molecule is Cc1ccnc(Nc2ccc(NCCNS(=O)(=O)Cc3cc(F)cc(F)c3)nn2)c1.